The predicted octanol–water partition coefficient (Wildman–Crippen LogP) is 0.492. The van der Waals surface area contributed by atoms with Crippen molar-refractivity contribution in [3.63, 3.8) is 0 Å². The monoisotopic (exact) mass is 143 g/mol. The van der Waals surface area contributed by atoms with Gasteiger partial charge in [0.2, 0.25) is 6.29 Å². The van der Waals surface area contributed by atoms with Crippen molar-refractivity contribution in [2.75, 3.05) is 6.54 Å². The molecule has 0 atom stereocenters. The zero-order chi connectivity index (χ0) is 7.82. The van der Waals surface area contributed by atoms with Gasteiger partial charge in [0.1, 0.15) is 0 Å². The van der Waals surface area contributed by atoms with Gasteiger partial charge in [-0.3, -0.25) is 9.59 Å². The molecule has 3 heteroatoms. The molecule has 0 aliphatic rings. The van der Waals surface area contributed by atoms with E-state index in [1.54, 1.807) is 0 Å². The molecule has 0 aromatic rings. The molecule has 0 aromatic carbocycles. The second kappa shape index (κ2) is 6.26. The Morgan fingerprint density at radius 1 is 1.50 bits per heavy atom. The lowest BCUT2D eigenvalue weighted by Gasteiger charge is -1.97. The van der Waals surface area contributed by atoms with Gasteiger partial charge in [-0.2, -0.15) is 0 Å². The average molecular weight is 143 g/mol. The molecule has 3 nitrogen and oxygen atoms in total. The van der Waals surface area contributed by atoms with Crippen molar-refractivity contribution in [2.24, 2.45) is 0 Å². The largest absolute Gasteiger partial charge is 0.350 e. The summed E-state index contributed by atoms with van der Waals surface area (Å²) >= 11 is 0. The number of aldehydes is 1. The van der Waals surface area contributed by atoms with Crippen LogP contribution < -0.4 is 5.32 Å². The van der Waals surface area contributed by atoms with Crippen LogP contribution in [0.3, 0.4) is 0 Å². The lowest BCUT2D eigenvalue weighted by Crippen LogP contribution is -2.24. The summed E-state index contributed by atoms with van der Waals surface area (Å²) < 4.78 is 0. The Morgan fingerprint density at radius 2 is 2.20 bits per heavy atom. The number of nitrogens with one attached hydrogen (secondary N) is 1. The second-order valence-corrected chi connectivity index (χ2v) is 2.12. The van der Waals surface area contributed by atoms with E-state index in [1.165, 1.54) is 0 Å². The second-order valence-electron chi connectivity index (χ2n) is 2.12. The zero-order valence-electron chi connectivity index (χ0n) is 6.22. The van der Waals surface area contributed by atoms with Crippen molar-refractivity contribution >= 4 is 12.2 Å². The molecule has 0 rings (SSSR count). The molecular weight excluding hydrogens is 130 g/mol. The molecule has 0 aliphatic carbocycles. The van der Waals surface area contributed by atoms with E-state index in [1.807, 2.05) is 0 Å². The minimum atomic E-state index is -0.517. The Balaban J connectivity index is 3.03. The van der Waals surface area contributed by atoms with Crippen LogP contribution in [0.2, 0.25) is 0 Å². The molecule has 10 heavy (non-hydrogen) atoms. The highest BCUT2D eigenvalue weighted by Gasteiger charge is 1.93. The summed E-state index contributed by atoms with van der Waals surface area (Å²) in [5.41, 5.74) is 0. The van der Waals surface area contributed by atoms with Crippen LogP contribution in [0.5, 0.6) is 0 Å². The van der Waals surface area contributed by atoms with Crippen molar-refractivity contribution in [3.8, 4) is 0 Å². The minimum absolute atomic E-state index is 0.298. The summed E-state index contributed by atoms with van der Waals surface area (Å²) in [5.74, 6) is -0.517. The van der Waals surface area contributed by atoms with E-state index >= 15 is 0 Å². The number of unbranched alkanes of at least 4 members (excludes halogenated alkanes) is 2. The molecular formula is C7H13NO2. The Hall–Kier alpha value is -0.860. The highest BCUT2D eigenvalue weighted by Crippen LogP contribution is 1.90. The highest BCUT2D eigenvalue weighted by molar-refractivity contribution is 6.23. The van der Waals surface area contributed by atoms with Gasteiger partial charge in [0.15, 0.2) is 0 Å². The number of hydrogen-bond donors (Lipinski definition) is 1. The van der Waals surface area contributed by atoms with Gasteiger partial charge in [-0.25, -0.2) is 0 Å². The maximum atomic E-state index is 10.3. The van der Waals surface area contributed by atoms with Crippen LogP contribution in [-0.2, 0) is 9.59 Å². The SMILES string of the molecule is CCCCCNC(=O)C=O. The van der Waals surface area contributed by atoms with Crippen LogP contribution in [0.1, 0.15) is 26.2 Å². The Kier molecular flexibility index (Phi) is 5.72. The molecule has 0 aliphatic heterocycles. The maximum Gasteiger partial charge on any atom is 0.284 e. The molecule has 0 radical (unpaired) electrons. The average Bonchev–Trinajstić information content (AvgIpc) is 1.98. The summed E-state index contributed by atoms with van der Waals surface area (Å²) in [6.45, 7) is 2.70. The van der Waals surface area contributed by atoms with Crippen molar-refractivity contribution < 1.29 is 9.59 Å². The maximum absolute atomic E-state index is 10.3. The van der Waals surface area contributed by atoms with Crippen LogP contribution in [0, 0.1) is 0 Å². The fourth-order valence-electron chi connectivity index (χ4n) is 0.628. The van der Waals surface area contributed by atoms with Crippen LogP contribution in [-0.4, -0.2) is 18.7 Å². The van der Waals surface area contributed by atoms with Gasteiger partial charge >= 0.3 is 0 Å². The summed E-state index contributed by atoms with van der Waals surface area (Å²) in [7, 11) is 0. The van der Waals surface area contributed by atoms with Gasteiger partial charge in [-0.1, -0.05) is 19.8 Å². The van der Waals surface area contributed by atoms with E-state index in [-0.39, 0.29) is 0 Å². The normalized spacial score (nSPS) is 8.90. The summed E-state index contributed by atoms with van der Waals surface area (Å²) in [6, 6.07) is 0. The highest BCUT2D eigenvalue weighted by atomic mass is 16.2. The number of rotatable bonds is 5. The first kappa shape index (κ1) is 9.14. The quantitative estimate of drug-likeness (QED) is 0.346. The Morgan fingerprint density at radius 3 is 2.70 bits per heavy atom. The van der Waals surface area contributed by atoms with E-state index < -0.39 is 5.91 Å². The van der Waals surface area contributed by atoms with Crippen molar-refractivity contribution in [1.82, 2.24) is 5.32 Å². The standard InChI is InChI=1S/C7H13NO2/c1-2-3-4-5-8-7(10)6-9/h6H,2-5H2,1H3,(H,8,10). The third kappa shape index (κ3) is 5.28. The van der Waals surface area contributed by atoms with Crippen molar-refractivity contribution in [2.45, 2.75) is 26.2 Å². The van der Waals surface area contributed by atoms with Gasteiger partial charge in [-0.15, -0.1) is 0 Å². The molecule has 0 bridgehead atoms. The molecule has 0 unspecified atom stereocenters. The van der Waals surface area contributed by atoms with Crippen molar-refractivity contribution in [3.05, 3.63) is 0 Å². The van der Waals surface area contributed by atoms with Crippen LogP contribution in [0.4, 0.5) is 0 Å². The van der Waals surface area contributed by atoms with Crippen LogP contribution in [0.15, 0.2) is 0 Å². The van der Waals surface area contributed by atoms with Gasteiger partial charge in [-0.05, 0) is 6.42 Å². The summed E-state index contributed by atoms with van der Waals surface area (Å²) in [4.78, 5) is 20.1. The van der Waals surface area contributed by atoms with E-state index in [0.29, 0.717) is 12.8 Å². The fourth-order valence-corrected chi connectivity index (χ4v) is 0.628. The van der Waals surface area contributed by atoms with Gasteiger partial charge in [0.25, 0.3) is 5.91 Å². The first-order valence-electron chi connectivity index (χ1n) is 3.54. The summed E-state index contributed by atoms with van der Waals surface area (Å²) in [5, 5.41) is 2.46. The fraction of sp³-hybridized carbons (Fsp3) is 0.714. The molecule has 0 aromatic heterocycles. The molecule has 0 spiro atoms. The molecule has 0 saturated carbocycles. The van der Waals surface area contributed by atoms with E-state index in [4.69, 9.17) is 0 Å². The molecule has 58 valence electrons. The van der Waals surface area contributed by atoms with Crippen molar-refractivity contribution in [1.29, 1.82) is 0 Å². The first-order chi connectivity index (χ1) is 4.81. The summed E-state index contributed by atoms with van der Waals surface area (Å²) in [6.07, 6.45) is 3.47. The molecule has 0 saturated heterocycles. The predicted molar refractivity (Wildman–Crippen MR) is 38.6 cm³/mol. The topological polar surface area (TPSA) is 46.2 Å². The van der Waals surface area contributed by atoms with E-state index in [0.717, 1.165) is 19.3 Å². The van der Waals surface area contributed by atoms with Crippen LogP contribution in [0.25, 0.3) is 0 Å². The molecule has 1 amide bonds. The van der Waals surface area contributed by atoms with Gasteiger partial charge in [0, 0.05) is 6.54 Å². The lowest BCUT2D eigenvalue weighted by atomic mass is 10.2. The molecule has 0 fully saturated rings. The minimum Gasteiger partial charge on any atom is -0.350 e. The lowest BCUT2D eigenvalue weighted by molar-refractivity contribution is -0.131. The molecule has 1 N–H and O–H groups in total. The first-order valence-corrected chi connectivity index (χ1v) is 3.54. The van der Waals surface area contributed by atoms with Gasteiger partial charge < -0.3 is 5.32 Å². The molecule has 0 heterocycles. The number of carbonyl (C=O) groups excluding carboxylic acids is 2. The smallest absolute Gasteiger partial charge is 0.284 e. The van der Waals surface area contributed by atoms with Crippen LogP contribution >= 0.6 is 0 Å². The third-order valence-electron chi connectivity index (χ3n) is 1.19. The Labute approximate surface area is 60.8 Å². The number of carbonyl (C=O) groups is 2. The van der Waals surface area contributed by atoms with E-state index in [9.17, 15) is 9.59 Å². The Bertz CT molecular complexity index is 112. The number of amides is 1. The van der Waals surface area contributed by atoms with Gasteiger partial charge in [0.05, 0.1) is 0 Å². The zero-order valence-corrected chi connectivity index (χ0v) is 6.22. The third-order valence-corrected chi connectivity index (χ3v) is 1.19. The number of hydrogen-bond acceptors (Lipinski definition) is 2. The van der Waals surface area contributed by atoms with E-state index in [2.05, 4.69) is 12.2 Å².